The van der Waals surface area contributed by atoms with E-state index in [0.29, 0.717) is 0 Å². The highest BCUT2D eigenvalue weighted by Crippen LogP contribution is 2.42. The van der Waals surface area contributed by atoms with E-state index in [0.717, 1.165) is 6.42 Å². The summed E-state index contributed by atoms with van der Waals surface area (Å²) in [5, 5.41) is 0. The molecule has 0 aliphatic heterocycles. The van der Waals surface area contributed by atoms with Crippen molar-refractivity contribution < 1.29 is 0 Å². The van der Waals surface area contributed by atoms with Gasteiger partial charge in [-0.2, -0.15) is 0 Å². The van der Waals surface area contributed by atoms with Gasteiger partial charge in [0.1, 0.15) is 0 Å². The SMILES string of the molecule is CCCCCCCCCCCCCCCCCCc1ccc(-c2ccccc2)c(-c2ccccc2)c1-c1ccccc1. The number of unbranched alkanes of at least 4 members (excludes halogenated alkanes) is 15. The van der Waals surface area contributed by atoms with Gasteiger partial charge in [0, 0.05) is 0 Å². The standard InChI is InChI=1S/C42H54/c1-2-3-4-5-6-7-8-9-10-11-12-13-14-15-16-20-33-39-34-35-40(36-27-21-17-22-28-36)42(38-31-25-19-26-32-38)41(39)37-29-23-18-24-30-37/h17-19,21-32,34-35H,2-16,20,33H2,1H3. The maximum absolute atomic E-state index is 2.41. The molecular formula is C42H54. The van der Waals surface area contributed by atoms with Gasteiger partial charge in [0.25, 0.3) is 0 Å². The van der Waals surface area contributed by atoms with Crippen molar-refractivity contribution in [3.63, 3.8) is 0 Å². The monoisotopic (exact) mass is 558 g/mol. The number of benzene rings is 4. The highest BCUT2D eigenvalue weighted by molar-refractivity contribution is 5.96. The van der Waals surface area contributed by atoms with Crippen LogP contribution in [-0.2, 0) is 6.42 Å². The highest BCUT2D eigenvalue weighted by Gasteiger charge is 2.17. The van der Waals surface area contributed by atoms with Gasteiger partial charge < -0.3 is 0 Å². The van der Waals surface area contributed by atoms with Crippen LogP contribution >= 0.6 is 0 Å². The fraction of sp³-hybridized carbons (Fsp3) is 0.429. The third kappa shape index (κ3) is 10.3. The van der Waals surface area contributed by atoms with Gasteiger partial charge in [-0.3, -0.25) is 0 Å². The smallest absolute Gasteiger partial charge is 0.00240 e. The zero-order chi connectivity index (χ0) is 29.1. The molecule has 4 rings (SSSR count). The lowest BCUT2D eigenvalue weighted by Gasteiger charge is -2.20. The Balaban J connectivity index is 1.30. The van der Waals surface area contributed by atoms with Crippen LogP contribution in [0.5, 0.6) is 0 Å². The topological polar surface area (TPSA) is 0 Å². The van der Waals surface area contributed by atoms with E-state index in [1.165, 1.54) is 142 Å². The van der Waals surface area contributed by atoms with Crippen LogP contribution in [0.25, 0.3) is 33.4 Å². The molecule has 222 valence electrons. The first-order valence-electron chi connectivity index (χ1n) is 17.2. The quantitative estimate of drug-likeness (QED) is 0.0946. The molecule has 0 aromatic heterocycles. The van der Waals surface area contributed by atoms with Crippen molar-refractivity contribution in [1.29, 1.82) is 0 Å². The van der Waals surface area contributed by atoms with Crippen molar-refractivity contribution in [2.75, 3.05) is 0 Å². The van der Waals surface area contributed by atoms with Crippen LogP contribution < -0.4 is 0 Å². The van der Waals surface area contributed by atoms with Crippen molar-refractivity contribution >= 4 is 0 Å². The second-order valence-electron chi connectivity index (χ2n) is 12.2. The second-order valence-corrected chi connectivity index (χ2v) is 12.2. The van der Waals surface area contributed by atoms with E-state index in [-0.39, 0.29) is 0 Å². The highest BCUT2D eigenvalue weighted by atomic mass is 14.2. The molecule has 0 aliphatic rings. The maximum atomic E-state index is 2.41. The van der Waals surface area contributed by atoms with Crippen LogP contribution in [0, 0.1) is 0 Å². The summed E-state index contributed by atoms with van der Waals surface area (Å²) >= 11 is 0. The number of rotatable bonds is 20. The predicted molar refractivity (Wildman–Crippen MR) is 186 cm³/mol. The van der Waals surface area contributed by atoms with E-state index in [4.69, 9.17) is 0 Å². The van der Waals surface area contributed by atoms with Gasteiger partial charge in [0.2, 0.25) is 0 Å². The van der Waals surface area contributed by atoms with Crippen molar-refractivity contribution in [3.05, 3.63) is 109 Å². The van der Waals surface area contributed by atoms with Crippen LogP contribution in [0.1, 0.15) is 115 Å². The Kier molecular flexibility index (Phi) is 14.5. The lowest BCUT2D eigenvalue weighted by Crippen LogP contribution is -1.97. The first-order valence-corrected chi connectivity index (χ1v) is 17.2. The normalized spacial score (nSPS) is 11.2. The fourth-order valence-electron chi connectivity index (χ4n) is 6.42. The molecule has 0 aliphatic carbocycles. The molecule has 0 saturated carbocycles. The summed E-state index contributed by atoms with van der Waals surface area (Å²) < 4.78 is 0. The molecular weight excluding hydrogens is 504 g/mol. The lowest BCUT2D eigenvalue weighted by atomic mass is 9.83. The van der Waals surface area contributed by atoms with Crippen LogP contribution in [0.2, 0.25) is 0 Å². The van der Waals surface area contributed by atoms with Crippen LogP contribution in [-0.4, -0.2) is 0 Å². The van der Waals surface area contributed by atoms with Crippen molar-refractivity contribution in [3.8, 4) is 33.4 Å². The van der Waals surface area contributed by atoms with Gasteiger partial charge in [-0.15, -0.1) is 0 Å². The van der Waals surface area contributed by atoms with E-state index in [1.54, 1.807) is 0 Å². The summed E-state index contributed by atoms with van der Waals surface area (Å²) in [4.78, 5) is 0. The van der Waals surface area contributed by atoms with Crippen molar-refractivity contribution in [1.82, 2.24) is 0 Å². The molecule has 0 nitrogen and oxygen atoms in total. The van der Waals surface area contributed by atoms with E-state index in [9.17, 15) is 0 Å². The lowest BCUT2D eigenvalue weighted by molar-refractivity contribution is 0.529. The van der Waals surface area contributed by atoms with Gasteiger partial charge in [-0.25, -0.2) is 0 Å². The molecule has 0 unspecified atom stereocenters. The second kappa shape index (κ2) is 19.1. The molecule has 0 atom stereocenters. The zero-order valence-corrected chi connectivity index (χ0v) is 26.3. The Morgan fingerprint density at radius 3 is 1.17 bits per heavy atom. The zero-order valence-electron chi connectivity index (χ0n) is 26.3. The summed E-state index contributed by atoms with van der Waals surface area (Å²) in [5.74, 6) is 0. The van der Waals surface area contributed by atoms with Crippen LogP contribution in [0.4, 0.5) is 0 Å². The summed E-state index contributed by atoms with van der Waals surface area (Å²) in [6.07, 6.45) is 23.7. The fourth-order valence-corrected chi connectivity index (χ4v) is 6.42. The molecule has 0 fully saturated rings. The average Bonchev–Trinajstić information content (AvgIpc) is 3.05. The molecule has 42 heavy (non-hydrogen) atoms. The van der Waals surface area contributed by atoms with E-state index in [2.05, 4.69) is 110 Å². The van der Waals surface area contributed by atoms with E-state index < -0.39 is 0 Å². The Morgan fingerprint density at radius 1 is 0.333 bits per heavy atom. The Bertz CT molecular complexity index is 1240. The maximum Gasteiger partial charge on any atom is -0.00240 e. The van der Waals surface area contributed by atoms with Crippen molar-refractivity contribution in [2.24, 2.45) is 0 Å². The third-order valence-electron chi connectivity index (χ3n) is 8.80. The summed E-state index contributed by atoms with van der Waals surface area (Å²) in [6, 6.07) is 37.7. The Morgan fingerprint density at radius 2 is 0.714 bits per heavy atom. The van der Waals surface area contributed by atoms with Gasteiger partial charge >= 0.3 is 0 Å². The number of hydrogen-bond donors (Lipinski definition) is 0. The molecule has 4 aromatic carbocycles. The molecule has 0 saturated heterocycles. The van der Waals surface area contributed by atoms with Crippen LogP contribution in [0.3, 0.4) is 0 Å². The average molecular weight is 559 g/mol. The minimum atomic E-state index is 1.14. The molecule has 0 bridgehead atoms. The first-order chi connectivity index (χ1) is 20.9. The van der Waals surface area contributed by atoms with Gasteiger partial charge in [-0.05, 0) is 51.8 Å². The summed E-state index contributed by atoms with van der Waals surface area (Å²) in [7, 11) is 0. The molecule has 0 N–H and O–H groups in total. The molecule has 0 heterocycles. The number of aryl methyl sites for hydroxylation is 1. The first kappa shape index (κ1) is 31.8. The molecule has 0 radical (unpaired) electrons. The Hall–Kier alpha value is -3.12. The third-order valence-corrected chi connectivity index (χ3v) is 8.80. The number of hydrogen-bond acceptors (Lipinski definition) is 0. The van der Waals surface area contributed by atoms with Gasteiger partial charge in [0.05, 0.1) is 0 Å². The van der Waals surface area contributed by atoms with E-state index in [1.807, 2.05) is 0 Å². The predicted octanol–water partition coefficient (Wildman–Crippen LogP) is 13.5. The van der Waals surface area contributed by atoms with E-state index >= 15 is 0 Å². The molecule has 0 amide bonds. The summed E-state index contributed by atoms with van der Waals surface area (Å²) in [6.45, 7) is 2.30. The van der Waals surface area contributed by atoms with Crippen molar-refractivity contribution in [2.45, 2.75) is 116 Å². The molecule has 4 aromatic rings. The summed E-state index contributed by atoms with van der Waals surface area (Å²) in [5.41, 5.74) is 9.46. The van der Waals surface area contributed by atoms with Crippen LogP contribution in [0.15, 0.2) is 103 Å². The largest absolute Gasteiger partial charge is 0.0654 e. The molecule has 0 spiro atoms. The molecule has 0 heteroatoms. The Labute approximate surface area is 257 Å². The minimum absolute atomic E-state index is 1.14. The van der Waals surface area contributed by atoms with Gasteiger partial charge in [-0.1, -0.05) is 206 Å². The minimum Gasteiger partial charge on any atom is -0.0654 e. The van der Waals surface area contributed by atoms with Gasteiger partial charge in [0.15, 0.2) is 0 Å².